The van der Waals surface area contributed by atoms with Crippen molar-refractivity contribution in [3.63, 3.8) is 0 Å². The third-order valence-electron chi connectivity index (χ3n) is 5.06. The summed E-state index contributed by atoms with van der Waals surface area (Å²) < 4.78 is 30.3. The topological polar surface area (TPSA) is 98.1 Å². The van der Waals surface area contributed by atoms with Crippen LogP contribution in [0.25, 0.3) is 22.5 Å². The van der Waals surface area contributed by atoms with E-state index in [-0.39, 0.29) is 6.42 Å². The van der Waals surface area contributed by atoms with Crippen molar-refractivity contribution in [1.82, 2.24) is 40.4 Å². The van der Waals surface area contributed by atoms with Crippen LogP contribution in [0.4, 0.5) is 8.78 Å². The molecule has 0 amide bonds. The van der Waals surface area contributed by atoms with E-state index in [2.05, 4.69) is 35.7 Å². The lowest BCUT2D eigenvalue weighted by atomic mass is 10.0. The number of alkyl halides is 2. The van der Waals surface area contributed by atoms with Crippen LogP contribution in [0.15, 0.2) is 42.6 Å². The second kappa shape index (κ2) is 9.29. The molecule has 166 valence electrons. The van der Waals surface area contributed by atoms with Crippen LogP contribution in [0.2, 0.25) is 0 Å². The second-order valence-corrected chi connectivity index (χ2v) is 7.53. The van der Waals surface area contributed by atoms with E-state index in [4.69, 9.17) is 0 Å². The van der Waals surface area contributed by atoms with E-state index < -0.39 is 11.7 Å². The number of aromatic amines is 1. The standard InChI is InChI=1S/C22H24F2N8/c1-3-11-22(23,24)21-26-19(32(29-21)12-4-2)13-16-10-9-15(14-25-16)17-7-5-6-8-18(17)20-27-30-31-28-20/h5-10,14H,3-4,11-13H2,1-2H3,(H,27,28,30,31). The molecule has 0 aliphatic carbocycles. The second-order valence-electron chi connectivity index (χ2n) is 7.53. The zero-order chi connectivity index (χ0) is 22.6. The monoisotopic (exact) mass is 438 g/mol. The normalized spacial score (nSPS) is 11.8. The van der Waals surface area contributed by atoms with Crippen molar-refractivity contribution in [3.8, 4) is 22.5 Å². The zero-order valence-corrected chi connectivity index (χ0v) is 18.0. The Morgan fingerprint density at radius 2 is 1.84 bits per heavy atom. The molecule has 0 atom stereocenters. The predicted octanol–water partition coefficient (Wildman–Crippen LogP) is 4.41. The minimum atomic E-state index is -3.03. The molecule has 8 nitrogen and oxygen atoms in total. The highest BCUT2D eigenvalue weighted by atomic mass is 19.3. The maximum atomic E-state index is 14.4. The van der Waals surface area contributed by atoms with Crippen molar-refractivity contribution >= 4 is 0 Å². The summed E-state index contributed by atoms with van der Waals surface area (Å²) in [5, 5.41) is 18.3. The van der Waals surface area contributed by atoms with E-state index in [0.29, 0.717) is 31.0 Å². The quantitative estimate of drug-likeness (QED) is 0.416. The van der Waals surface area contributed by atoms with E-state index >= 15 is 0 Å². The molecule has 0 radical (unpaired) electrons. The van der Waals surface area contributed by atoms with Crippen LogP contribution in [0, 0.1) is 0 Å². The molecule has 10 heteroatoms. The maximum Gasteiger partial charge on any atom is 0.308 e. The van der Waals surface area contributed by atoms with Gasteiger partial charge < -0.3 is 0 Å². The average Bonchev–Trinajstić information content (AvgIpc) is 3.46. The molecular formula is C22H24F2N8. The first-order chi connectivity index (χ1) is 15.5. The summed E-state index contributed by atoms with van der Waals surface area (Å²) >= 11 is 0. The van der Waals surface area contributed by atoms with Gasteiger partial charge in [0.05, 0.1) is 0 Å². The van der Waals surface area contributed by atoms with E-state index in [1.165, 1.54) is 0 Å². The third-order valence-corrected chi connectivity index (χ3v) is 5.06. The van der Waals surface area contributed by atoms with E-state index in [1.807, 2.05) is 43.3 Å². The number of aromatic nitrogens is 8. The Morgan fingerprint density at radius 3 is 2.50 bits per heavy atom. The fraction of sp³-hybridized carbons (Fsp3) is 0.364. The van der Waals surface area contributed by atoms with Crippen LogP contribution in [-0.4, -0.2) is 40.4 Å². The molecule has 3 aromatic heterocycles. The van der Waals surface area contributed by atoms with Crippen LogP contribution in [0.1, 0.15) is 50.5 Å². The summed E-state index contributed by atoms with van der Waals surface area (Å²) in [4.78, 5) is 8.73. The molecule has 1 N–H and O–H groups in total. The lowest BCUT2D eigenvalue weighted by Crippen LogP contribution is -2.15. The first-order valence-electron chi connectivity index (χ1n) is 10.6. The number of aryl methyl sites for hydroxylation is 1. The van der Waals surface area contributed by atoms with Crippen molar-refractivity contribution in [2.24, 2.45) is 0 Å². The van der Waals surface area contributed by atoms with Crippen LogP contribution >= 0.6 is 0 Å². The number of hydrogen-bond acceptors (Lipinski definition) is 6. The Balaban J connectivity index is 1.60. The van der Waals surface area contributed by atoms with Crippen molar-refractivity contribution in [1.29, 1.82) is 0 Å². The molecule has 4 aromatic rings. The molecule has 0 fully saturated rings. The van der Waals surface area contributed by atoms with Gasteiger partial charge in [-0.3, -0.25) is 4.98 Å². The van der Waals surface area contributed by atoms with Crippen LogP contribution in [-0.2, 0) is 18.9 Å². The van der Waals surface area contributed by atoms with Crippen LogP contribution in [0.5, 0.6) is 0 Å². The minimum Gasteiger partial charge on any atom is -0.260 e. The van der Waals surface area contributed by atoms with Gasteiger partial charge in [0, 0.05) is 42.4 Å². The summed E-state index contributed by atoms with van der Waals surface area (Å²) in [6.45, 7) is 4.23. The van der Waals surface area contributed by atoms with Crippen molar-refractivity contribution < 1.29 is 8.78 Å². The average molecular weight is 438 g/mol. The Hall–Kier alpha value is -3.56. The summed E-state index contributed by atoms with van der Waals surface area (Å²) in [5.41, 5.74) is 3.37. The number of hydrogen-bond donors (Lipinski definition) is 1. The highest BCUT2D eigenvalue weighted by Gasteiger charge is 2.36. The molecule has 4 rings (SSSR count). The number of pyridine rings is 1. The number of nitrogens with one attached hydrogen (secondary N) is 1. The van der Waals surface area contributed by atoms with E-state index in [9.17, 15) is 8.78 Å². The molecule has 0 unspecified atom stereocenters. The molecule has 3 heterocycles. The number of rotatable bonds is 9. The number of halogens is 2. The van der Waals surface area contributed by atoms with E-state index in [0.717, 1.165) is 28.8 Å². The maximum absolute atomic E-state index is 14.4. The van der Waals surface area contributed by atoms with Gasteiger partial charge in [-0.25, -0.2) is 9.67 Å². The lowest BCUT2D eigenvalue weighted by molar-refractivity contribution is -0.0232. The molecule has 1 aromatic carbocycles. The first kappa shape index (κ1) is 21.7. The highest BCUT2D eigenvalue weighted by molar-refractivity contribution is 5.79. The molecular weight excluding hydrogens is 414 g/mol. The molecule has 0 aliphatic heterocycles. The van der Waals surface area contributed by atoms with Gasteiger partial charge in [0.1, 0.15) is 5.82 Å². The Morgan fingerprint density at radius 1 is 1.03 bits per heavy atom. The van der Waals surface area contributed by atoms with Crippen molar-refractivity contribution in [2.45, 2.75) is 52.0 Å². The number of nitrogens with zero attached hydrogens (tertiary/aromatic N) is 7. The van der Waals surface area contributed by atoms with E-state index in [1.54, 1.807) is 17.8 Å². The zero-order valence-electron chi connectivity index (χ0n) is 18.0. The van der Waals surface area contributed by atoms with Crippen molar-refractivity contribution in [2.75, 3.05) is 0 Å². The molecule has 0 aliphatic rings. The van der Waals surface area contributed by atoms with Crippen LogP contribution in [0.3, 0.4) is 0 Å². The van der Waals surface area contributed by atoms with Crippen LogP contribution < -0.4 is 0 Å². The summed E-state index contributed by atoms with van der Waals surface area (Å²) in [7, 11) is 0. The first-order valence-corrected chi connectivity index (χ1v) is 10.6. The predicted molar refractivity (Wildman–Crippen MR) is 115 cm³/mol. The van der Waals surface area contributed by atoms with Gasteiger partial charge in [0.25, 0.3) is 0 Å². The number of H-pyrrole nitrogens is 1. The summed E-state index contributed by atoms with van der Waals surface area (Å²) in [5.74, 6) is -2.45. The van der Waals surface area contributed by atoms with Crippen molar-refractivity contribution in [3.05, 3.63) is 59.9 Å². The largest absolute Gasteiger partial charge is 0.308 e. The fourth-order valence-electron chi connectivity index (χ4n) is 3.53. The van der Waals surface area contributed by atoms with Gasteiger partial charge >= 0.3 is 5.92 Å². The molecule has 0 saturated heterocycles. The SMILES string of the molecule is CCCn1nc(C(F)(F)CCC)nc1Cc1ccc(-c2ccccc2-c2nn[nH]n2)cn1. The molecule has 0 saturated carbocycles. The van der Waals surface area contributed by atoms with Gasteiger partial charge in [0.15, 0.2) is 0 Å². The van der Waals surface area contributed by atoms with Gasteiger partial charge in [-0.1, -0.05) is 44.2 Å². The van der Waals surface area contributed by atoms with Gasteiger partial charge in [-0.15, -0.1) is 15.3 Å². The summed E-state index contributed by atoms with van der Waals surface area (Å²) in [6, 6.07) is 11.5. The highest BCUT2D eigenvalue weighted by Crippen LogP contribution is 2.31. The number of tetrazole rings is 1. The van der Waals surface area contributed by atoms with Gasteiger partial charge in [-0.2, -0.15) is 14.0 Å². The minimum absolute atomic E-state index is 0.269. The fourth-order valence-corrected chi connectivity index (χ4v) is 3.53. The molecule has 32 heavy (non-hydrogen) atoms. The lowest BCUT2D eigenvalue weighted by Gasteiger charge is -2.10. The Kier molecular flexibility index (Phi) is 6.29. The summed E-state index contributed by atoms with van der Waals surface area (Å²) in [6.07, 6.45) is 2.94. The van der Waals surface area contributed by atoms with Gasteiger partial charge in [-0.05, 0) is 29.7 Å². The third kappa shape index (κ3) is 4.53. The Bertz CT molecular complexity index is 1150. The number of benzene rings is 1. The van der Waals surface area contributed by atoms with Gasteiger partial charge in [0.2, 0.25) is 11.6 Å². The molecule has 0 bridgehead atoms. The molecule has 0 spiro atoms. The Labute approximate surface area is 184 Å². The smallest absolute Gasteiger partial charge is 0.260 e.